The number of carbonyl (C=O) groups is 1. The van der Waals surface area contributed by atoms with Gasteiger partial charge in [-0.25, -0.2) is 9.78 Å². The number of ketones is 1. The van der Waals surface area contributed by atoms with Gasteiger partial charge >= 0.3 is 5.69 Å². The molecule has 7 nitrogen and oxygen atoms in total. The lowest BCUT2D eigenvalue weighted by atomic mass is 9.79. The van der Waals surface area contributed by atoms with Gasteiger partial charge in [0.2, 0.25) is 5.88 Å². The first kappa shape index (κ1) is 23.5. The molecule has 0 unspecified atom stereocenters. The predicted octanol–water partition coefficient (Wildman–Crippen LogP) is 4.03. The van der Waals surface area contributed by atoms with Crippen molar-refractivity contribution in [2.24, 2.45) is 18.9 Å². The minimum absolute atomic E-state index is 0.0440. The van der Waals surface area contributed by atoms with Gasteiger partial charge in [-0.1, -0.05) is 17.7 Å². The van der Waals surface area contributed by atoms with Crippen molar-refractivity contribution < 1.29 is 14.3 Å². The molecule has 1 aliphatic carbocycles. The molecule has 1 aromatic carbocycles. The highest BCUT2D eigenvalue weighted by molar-refractivity contribution is 6.35. The van der Waals surface area contributed by atoms with Crippen LogP contribution in [-0.2, 0) is 29.5 Å². The summed E-state index contributed by atoms with van der Waals surface area (Å²) >= 11 is 6.32. The van der Waals surface area contributed by atoms with Gasteiger partial charge in [-0.15, -0.1) is 0 Å². The Hall–Kier alpha value is -2.64. The maximum atomic E-state index is 12.9. The van der Waals surface area contributed by atoms with Crippen LogP contribution in [0.15, 0.2) is 41.3 Å². The van der Waals surface area contributed by atoms with Gasteiger partial charge in [0.05, 0.1) is 22.7 Å². The molecule has 0 radical (unpaired) electrons. The van der Waals surface area contributed by atoms with E-state index < -0.39 is 0 Å². The van der Waals surface area contributed by atoms with Gasteiger partial charge in [0.1, 0.15) is 12.4 Å². The van der Waals surface area contributed by atoms with Crippen LogP contribution in [0.5, 0.6) is 5.88 Å². The Morgan fingerprint density at radius 1 is 1.18 bits per heavy atom. The molecule has 8 heteroatoms. The van der Waals surface area contributed by atoms with Crippen molar-refractivity contribution in [3.05, 3.63) is 57.6 Å². The smallest absolute Gasteiger partial charge is 0.328 e. The van der Waals surface area contributed by atoms with Crippen molar-refractivity contribution in [2.75, 3.05) is 20.3 Å². The quantitative estimate of drug-likeness (QED) is 0.440. The van der Waals surface area contributed by atoms with Crippen LogP contribution in [0.1, 0.15) is 31.2 Å². The molecular weight excluding hydrogens is 442 g/mol. The van der Waals surface area contributed by atoms with Gasteiger partial charge in [0.25, 0.3) is 0 Å². The SMILES string of the molecule is COCCOc1cc(CC(=O)C2CCC(Cn3c(=O)n(C)c4c(Cl)cccc43)CC2)ccn1. The minimum atomic E-state index is -0.0440. The van der Waals surface area contributed by atoms with Crippen LogP contribution in [0, 0.1) is 11.8 Å². The number of halogens is 1. The summed E-state index contributed by atoms with van der Waals surface area (Å²) in [6.07, 6.45) is 5.64. The highest BCUT2D eigenvalue weighted by atomic mass is 35.5. The Labute approximate surface area is 198 Å². The van der Waals surface area contributed by atoms with Crippen molar-refractivity contribution in [1.29, 1.82) is 0 Å². The third-order valence-corrected chi connectivity index (χ3v) is 6.87. The normalized spacial score (nSPS) is 18.5. The molecule has 0 spiro atoms. The minimum Gasteiger partial charge on any atom is -0.475 e. The van der Waals surface area contributed by atoms with Crippen molar-refractivity contribution in [1.82, 2.24) is 14.1 Å². The Morgan fingerprint density at radius 3 is 2.73 bits per heavy atom. The van der Waals surface area contributed by atoms with Crippen LogP contribution in [0.3, 0.4) is 0 Å². The molecule has 0 amide bonds. The van der Waals surface area contributed by atoms with E-state index in [2.05, 4.69) is 4.98 Å². The molecule has 1 saturated carbocycles. The molecule has 0 N–H and O–H groups in total. The second kappa shape index (κ2) is 10.5. The highest BCUT2D eigenvalue weighted by Crippen LogP contribution is 2.32. The van der Waals surface area contributed by atoms with Gasteiger partial charge in [-0.05, 0) is 55.4 Å². The molecule has 0 bridgehead atoms. The number of para-hydroxylation sites is 1. The molecular formula is C25H30ClN3O4. The van der Waals surface area contributed by atoms with Gasteiger partial charge in [0, 0.05) is 45.3 Å². The summed E-state index contributed by atoms with van der Waals surface area (Å²) in [6.45, 7) is 1.58. The Bertz CT molecular complexity index is 1180. The van der Waals surface area contributed by atoms with Gasteiger partial charge in [-0.3, -0.25) is 13.9 Å². The first-order valence-corrected chi connectivity index (χ1v) is 11.8. The van der Waals surface area contributed by atoms with E-state index in [0.717, 1.165) is 42.3 Å². The molecule has 4 rings (SSSR count). The van der Waals surface area contributed by atoms with E-state index in [4.69, 9.17) is 21.1 Å². The monoisotopic (exact) mass is 471 g/mol. The largest absolute Gasteiger partial charge is 0.475 e. The number of carbonyl (C=O) groups excluding carboxylic acids is 1. The number of fused-ring (bicyclic) bond motifs is 1. The van der Waals surface area contributed by atoms with Gasteiger partial charge in [0.15, 0.2) is 0 Å². The lowest BCUT2D eigenvalue weighted by Gasteiger charge is -2.28. The molecule has 2 heterocycles. The molecule has 0 saturated heterocycles. The van der Waals surface area contributed by atoms with Crippen molar-refractivity contribution >= 4 is 28.4 Å². The molecule has 1 fully saturated rings. The van der Waals surface area contributed by atoms with E-state index in [0.29, 0.717) is 43.0 Å². The first-order chi connectivity index (χ1) is 16.0. The zero-order chi connectivity index (χ0) is 23.4. The van der Waals surface area contributed by atoms with E-state index in [9.17, 15) is 9.59 Å². The fourth-order valence-corrected chi connectivity index (χ4v) is 5.05. The van der Waals surface area contributed by atoms with E-state index in [-0.39, 0.29) is 17.4 Å². The van der Waals surface area contributed by atoms with Gasteiger partial charge in [-0.2, -0.15) is 0 Å². The summed E-state index contributed by atoms with van der Waals surface area (Å²) in [5.74, 6) is 1.21. The molecule has 0 atom stereocenters. The van der Waals surface area contributed by atoms with Crippen LogP contribution in [0.2, 0.25) is 5.02 Å². The van der Waals surface area contributed by atoms with E-state index in [1.165, 1.54) is 0 Å². The van der Waals surface area contributed by atoms with Crippen LogP contribution in [0.4, 0.5) is 0 Å². The summed E-state index contributed by atoms with van der Waals surface area (Å²) in [7, 11) is 3.38. The molecule has 0 aliphatic heterocycles. The molecule has 2 aromatic heterocycles. The number of Topliss-reactive ketones (excluding diaryl/α,β-unsaturated/α-hetero) is 1. The van der Waals surface area contributed by atoms with Crippen molar-refractivity contribution in [3.8, 4) is 5.88 Å². The van der Waals surface area contributed by atoms with Crippen LogP contribution in [-0.4, -0.2) is 40.2 Å². The number of nitrogens with zero attached hydrogens (tertiary/aromatic N) is 3. The fourth-order valence-electron chi connectivity index (χ4n) is 4.75. The third-order valence-electron chi connectivity index (χ3n) is 6.57. The number of aryl methyl sites for hydroxylation is 1. The Kier molecular flexibility index (Phi) is 7.50. The predicted molar refractivity (Wildman–Crippen MR) is 128 cm³/mol. The molecule has 3 aromatic rings. The maximum Gasteiger partial charge on any atom is 0.328 e. The van der Waals surface area contributed by atoms with Crippen molar-refractivity contribution in [3.63, 3.8) is 0 Å². The zero-order valence-electron chi connectivity index (χ0n) is 19.1. The van der Waals surface area contributed by atoms with Crippen LogP contribution in [0.25, 0.3) is 11.0 Å². The van der Waals surface area contributed by atoms with Crippen molar-refractivity contribution in [2.45, 2.75) is 38.6 Å². The standard InChI is InChI=1S/C25H30ClN3O4/c1-28-24-20(26)4-3-5-21(24)29(25(28)31)16-17-6-8-19(9-7-17)22(30)14-18-10-11-27-23(15-18)33-13-12-32-2/h3-5,10-11,15,17,19H,6-9,12-14,16H2,1-2H3. The second-order valence-electron chi connectivity index (χ2n) is 8.76. The van der Waals surface area contributed by atoms with E-state index in [1.807, 2.05) is 34.9 Å². The number of hydrogen-bond acceptors (Lipinski definition) is 5. The summed E-state index contributed by atoms with van der Waals surface area (Å²) < 4.78 is 14.0. The average molecular weight is 472 g/mol. The summed E-state index contributed by atoms with van der Waals surface area (Å²) in [6, 6.07) is 9.33. The number of pyridine rings is 1. The lowest BCUT2D eigenvalue weighted by molar-refractivity contribution is -0.123. The zero-order valence-corrected chi connectivity index (χ0v) is 19.9. The molecule has 33 heavy (non-hydrogen) atoms. The highest BCUT2D eigenvalue weighted by Gasteiger charge is 2.27. The summed E-state index contributed by atoms with van der Waals surface area (Å²) in [5.41, 5.74) is 2.52. The molecule has 176 valence electrons. The topological polar surface area (TPSA) is 75.3 Å². The third kappa shape index (κ3) is 5.31. The number of rotatable bonds is 9. The number of aromatic nitrogens is 3. The number of hydrogen-bond donors (Lipinski definition) is 0. The van der Waals surface area contributed by atoms with E-state index in [1.54, 1.807) is 24.9 Å². The first-order valence-electron chi connectivity index (χ1n) is 11.4. The van der Waals surface area contributed by atoms with E-state index >= 15 is 0 Å². The Balaban J connectivity index is 1.34. The lowest BCUT2D eigenvalue weighted by Crippen LogP contribution is -2.29. The van der Waals surface area contributed by atoms with Crippen LogP contribution >= 0.6 is 11.6 Å². The van der Waals surface area contributed by atoms with Gasteiger partial charge < -0.3 is 9.47 Å². The second-order valence-corrected chi connectivity index (χ2v) is 9.17. The van der Waals surface area contributed by atoms with Crippen LogP contribution < -0.4 is 10.4 Å². The number of methoxy groups -OCH3 is 1. The summed E-state index contributed by atoms with van der Waals surface area (Å²) in [5, 5.41) is 0.587. The fraction of sp³-hybridized carbons (Fsp3) is 0.480. The summed E-state index contributed by atoms with van der Waals surface area (Å²) in [4.78, 5) is 29.9. The molecule has 1 aliphatic rings. The number of ether oxygens (including phenoxy) is 2. The Morgan fingerprint density at radius 2 is 1.97 bits per heavy atom. The average Bonchev–Trinajstić information content (AvgIpc) is 3.06. The number of benzene rings is 1. The number of imidazole rings is 1. The maximum absolute atomic E-state index is 12.9.